The molecular formula is C17H28BrN3. The van der Waals surface area contributed by atoms with E-state index >= 15 is 0 Å². The van der Waals surface area contributed by atoms with Crippen molar-refractivity contribution in [2.45, 2.75) is 64.6 Å². The SMILES string of the molecule is CCCC1CNC(CC)(CC)CN1Cc1ccc(Br)cn1. The summed E-state index contributed by atoms with van der Waals surface area (Å²) in [4.78, 5) is 7.20. The van der Waals surface area contributed by atoms with E-state index in [0.717, 1.165) is 24.1 Å². The number of nitrogens with zero attached hydrogens (tertiary/aromatic N) is 2. The highest BCUT2D eigenvalue weighted by atomic mass is 79.9. The fourth-order valence-electron chi connectivity index (χ4n) is 3.27. The van der Waals surface area contributed by atoms with Gasteiger partial charge in [0.25, 0.3) is 0 Å². The molecular weight excluding hydrogens is 326 g/mol. The summed E-state index contributed by atoms with van der Waals surface area (Å²) in [6, 6.07) is 4.85. The third kappa shape index (κ3) is 4.27. The van der Waals surface area contributed by atoms with Crippen LogP contribution in [-0.2, 0) is 6.54 Å². The lowest BCUT2D eigenvalue weighted by atomic mass is 9.87. The van der Waals surface area contributed by atoms with Gasteiger partial charge in [-0.05, 0) is 47.3 Å². The standard InChI is InChI=1S/C17H28BrN3/c1-4-7-16-11-20-17(5-2,6-3)13-21(16)12-15-9-8-14(18)10-19-15/h8-10,16,20H,4-7,11-13H2,1-3H3. The summed E-state index contributed by atoms with van der Waals surface area (Å²) in [5, 5.41) is 3.82. The Hall–Kier alpha value is -0.450. The molecule has 3 nitrogen and oxygen atoms in total. The van der Waals surface area contributed by atoms with Gasteiger partial charge in [-0.2, -0.15) is 0 Å². The molecule has 1 unspecified atom stereocenters. The first-order valence-electron chi connectivity index (χ1n) is 8.22. The molecule has 0 aromatic carbocycles. The van der Waals surface area contributed by atoms with Gasteiger partial charge in [-0.15, -0.1) is 0 Å². The van der Waals surface area contributed by atoms with Gasteiger partial charge in [0.05, 0.1) is 5.69 Å². The molecule has 0 aliphatic carbocycles. The van der Waals surface area contributed by atoms with Crippen LogP contribution in [0.25, 0.3) is 0 Å². The Balaban J connectivity index is 2.11. The largest absolute Gasteiger partial charge is 0.308 e. The van der Waals surface area contributed by atoms with Gasteiger partial charge in [-0.3, -0.25) is 9.88 Å². The van der Waals surface area contributed by atoms with Gasteiger partial charge in [-0.25, -0.2) is 0 Å². The van der Waals surface area contributed by atoms with Crippen molar-refractivity contribution in [3.8, 4) is 0 Å². The molecule has 1 saturated heterocycles. The summed E-state index contributed by atoms with van der Waals surface area (Å²) in [5.41, 5.74) is 1.45. The van der Waals surface area contributed by atoms with E-state index < -0.39 is 0 Å². The third-order valence-corrected chi connectivity index (χ3v) is 5.33. The Morgan fingerprint density at radius 3 is 2.67 bits per heavy atom. The predicted octanol–water partition coefficient (Wildman–Crippen LogP) is 3.98. The van der Waals surface area contributed by atoms with E-state index in [1.807, 2.05) is 6.20 Å². The van der Waals surface area contributed by atoms with E-state index in [0.29, 0.717) is 6.04 Å². The fraction of sp³-hybridized carbons (Fsp3) is 0.706. The Labute approximate surface area is 137 Å². The van der Waals surface area contributed by atoms with Gasteiger partial charge in [0.1, 0.15) is 0 Å². The number of halogens is 1. The van der Waals surface area contributed by atoms with E-state index in [9.17, 15) is 0 Å². The summed E-state index contributed by atoms with van der Waals surface area (Å²) < 4.78 is 1.05. The third-order valence-electron chi connectivity index (χ3n) is 4.86. The highest BCUT2D eigenvalue weighted by Gasteiger charge is 2.36. The minimum absolute atomic E-state index is 0.277. The number of pyridine rings is 1. The lowest BCUT2D eigenvalue weighted by Gasteiger charge is -2.47. The number of rotatable bonds is 6. The van der Waals surface area contributed by atoms with Gasteiger partial charge in [0.2, 0.25) is 0 Å². The topological polar surface area (TPSA) is 28.2 Å². The van der Waals surface area contributed by atoms with E-state index in [2.05, 4.69) is 64.0 Å². The second-order valence-electron chi connectivity index (χ2n) is 6.18. The van der Waals surface area contributed by atoms with Crippen molar-refractivity contribution in [3.05, 3.63) is 28.5 Å². The minimum atomic E-state index is 0.277. The zero-order valence-corrected chi connectivity index (χ0v) is 15.1. The Bertz CT molecular complexity index is 428. The van der Waals surface area contributed by atoms with E-state index in [1.165, 1.54) is 31.4 Å². The summed E-state index contributed by atoms with van der Waals surface area (Å²) in [6.45, 7) is 10.1. The molecule has 1 aliphatic rings. The number of aromatic nitrogens is 1. The van der Waals surface area contributed by atoms with Crippen LogP contribution in [0.15, 0.2) is 22.8 Å². The molecule has 1 aromatic heterocycles. The molecule has 1 fully saturated rings. The first kappa shape index (κ1) is 16.9. The van der Waals surface area contributed by atoms with Crippen LogP contribution in [0.5, 0.6) is 0 Å². The maximum absolute atomic E-state index is 4.56. The van der Waals surface area contributed by atoms with Crippen molar-refractivity contribution >= 4 is 15.9 Å². The summed E-state index contributed by atoms with van der Waals surface area (Å²) in [5.74, 6) is 0. The van der Waals surface area contributed by atoms with Crippen molar-refractivity contribution < 1.29 is 0 Å². The fourth-order valence-corrected chi connectivity index (χ4v) is 3.51. The number of hydrogen-bond acceptors (Lipinski definition) is 3. The van der Waals surface area contributed by atoms with Gasteiger partial charge in [-0.1, -0.05) is 27.2 Å². The number of hydrogen-bond donors (Lipinski definition) is 1. The lowest BCUT2D eigenvalue weighted by Crippen LogP contribution is -2.63. The highest BCUT2D eigenvalue weighted by Crippen LogP contribution is 2.25. The number of nitrogens with one attached hydrogen (secondary N) is 1. The molecule has 1 atom stereocenters. The molecule has 0 amide bonds. The molecule has 0 spiro atoms. The van der Waals surface area contributed by atoms with Crippen LogP contribution in [0.4, 0.5) is 0 Å². The Morgan fingerprint density at radius 2 is 2.10 bits per heavy atom. The van der Waals surface area contributed by atoms with Crippen molar-refractivity contribution in [1.82, 2.24) is 15.2 Å². The summed E-state index contributed by atoms with van der Waals surface area (Å²) in [6.07, 6.45) is 6.77. The molecule has 1 aromatic rings. The molecule has 0 saturated carbocycles. The van der Waals surface area contributed by atoms with Crippen LogP contribution in [0.3, 0.4) is 0 Å². The maximum Gasteiger partial charge on any atom is 0.0544 e. The first-order valence-corrected chi connectivity index (χ1v) is 9.01. The summed E-state index contributed by atoms with van der Waals surface area (Å²) >= 11 is 3.46. The van der Waals surface area contributed by atoms with Crippen molar-refractivity contribution in [1.29, 1.82) is 0 Å². The van der Waals surface area contributed by atoms with Crippen molar-refractivity contribution in [2.24, 2.45) is 0 Å². The quantitative estimate of drug-likeness (QED) is 0.838. The van der Waals surface area contributed by atoms with Crippen LogP contribution in [0.1, 0.15) is 52.1 Å². The normalized spacial score (nSPS) is 22.4. The zero-order valence-electron chi connectivity index (χ0n) is 13.5. The van der Waals surface area contributed by atoms with Crippen molar-refractivity contribution in [2.75, 3.05) is 13.1 Å². The number of piperazine rings is 1. The van der Waals surface area contributed by atoms with Crippen LogP contribution < -0.4 is 5.32 Å². The molecule has 21 heavy (non-hydrogen) atoms. The lowest BCUT2D eigenvalue weighted by molar-refractivity contribution is 0.0607. The average molecular weight is 354 g/mol. The second kappa shape index (κ2) is 7.70. The smallest absolute Gasteiger partial charge is 0.0544 e. The molecule has 118 valence electrons. The summed E-state index contributed by atoms with van der Waals surface area (Å²) in [7, 11) is 0. The first-order chi connectivity index (χ1) is 10.1. The van der Waals surface area contributed by atoms with Gasteiger partial charge in [0.15, 0.2) is 0 Å². The van der Waals surface area contributed by atoms with E-state index in [4.69, 9.17) is 0 Å². The van der Waals surface area contributed by atoms with Crippen LogP contribution in [0, 0.1) is 0 Å². The second-order valence-corrected chi connectivity index (χ2v) is 7.10. The van der Waals surface area contributed by atoms with Crippen molar-refractivity contribution in [3.63, 3.8) is 0 Å². The van der Waals surface area contributed by atoms with Gasteiger partial charge >= 0.3 is 0 Å². The van der Waals surface area contributed by atoms with Crippen LogP contribution >= 0.6 is 15.9 Å². The molecule has 0 radical (unpaired) electrons. The molecule has 4 heteroatoms. The van der Waals surface area contributed by atoms with Crippen LogP contribution in [-0.4, -0.2) is 34.6 Å². The Morgan fingerprint density at radius 1 is 1.33 bits per heavy atom. The van der Waals surface area contributed by atoms with E-state index in [1.54, 1.807) is 0 Å². The van der Waals surface area contributed by atoms with Gasteiger partial charge in [0, 0.05) is 41.9 Å². The molecule has 2 heterocycles. The van der Waals surface area contributed by atoms with E-state index in [-0.39, 0.29) is 5.54 Å². The minimum Gasteiger partial charge on any atom is -0.308 e. The maximum atomic E-state index is 4.56. The molecule has 0 bridgehead atoms. The molecule has 1 aliphatic heterocycles. The predicted molar refractivity (Wildman–Crippen MR) is 92.4 cm³/mol. The molecule has 2 rings (SSSR count). The zero-order chi connectivity index (χ0) is 15.3. The highest BCUT2D eigenvalue weighted by molar-refractivity contribution is 9.10. The van der Waals surface area contributed by atoms with Crippen LogP contribution in [0.2, 0.25) is 0 Å². The molecule has 1 N–H and O–H groups in total. The monoisotopic (exact) mass is 353 g/mol. The Kier molecular flexibility index (Phi) is 6.20. The van der Waals surface area contributed by atoms with Gasteiger partial charge < -0.3 is 5.32 Å². The average Bonchev–Trinajstić information content (AvgIpc) is 2.51.